The fourth-order valence-corrected chi connectivity index (χ4v) is 8.99. The zero-order chi connectivity index (χ0) is 27.8. The second-order valence-corrected chi connectivity index (χ2v) is 22.9. The van der Waals surface area contributed by atoms with Crippen molar-refractivity contribution in [3.05, 3.63) is 91.1 Å². The molecule has 0 N–H and O–H groups in total. The Bertz CT molecular complexity index is 1970. The molecule has 5 heteroatoms. The summed E-state index contributed by atoms with van der Waals surface area (Å²) in [5, 5.41) is 7.31. The first kappa shape index (κ1) is 25.1. The number of hydrogen-bond donors (Lipinski definition) is 0. The Labute approximate surface area is 236 Å². The smallest absolute Gasteiger partial charge is 0.139 e. The molecular formula is C35H33NO2Si2. The predicted molar refractivity (Wildman–Crippen MR) is 176 cm³/mol. The molecule has 0 saturated carbocycles. The molecule has 7 aromatic rings. The van der Waals surface area contributed by atoms with Gasteiger partial charge < -0.3 is 8.83 Å². The average Bonchev–Trinajstić information content (AvgIpc) is 3.49. The lowest BCUT2D eigenvalue weighted by atomic mass is 9.94. The molecule has 0 spiro atoms. The van der Waals surface area contributed by atoms with Crippen molar-refractivity contribution in [2.75, 3.05) is 0 Å². The fourth-order valence-electron chi connectivity index (χ4n) is 6.06. The molecule has 0 bridgehead atoms. The maximum atomic E-state index is 6.76. The summed E-state index contributed by atoms with van der Waals surface area (Å²) in [4.78, 5) is 4.75. The number of para-hydroxylation sites is 2. The van der Waals surface area contributed by atoms with Crippen LogP contribution in [0.2, 0.25) is 39.3 Å². The van der Waals surface area contributed by atoms with E-state index < -0.39 is 16.1 Å². The minimum Gasteiger partial charge on any atom is -0.456 e. The average molecular weight is 556 g/mol. The lowest BCUT2D eigenvalue weighted by Gasteiger charge is -2.16. The molecule has 0 aliphatic carbocycles. The number of benzene rings is 4. The quantitative estimate of drug-likeness (QED) is 0.203. The third-order valence-corrected chi connectivity index (χ3v) is 12.0. The predicted octanol–water partition coefficient (Wildman–Crippen LogP) is 9.30. The molecule has 40 heavy (non-hydrogen) atoms. The molecule has 0 unspecified atom stereocenters. The van der Waals surface area contributed by atoms with Crippen LogP contribution in [0.5, 0.6) is 0 Å². The first-order valence-corrected chi connectivity index (χ1v) is 21.0. The maximum absolute atomic E-state index is 6.76. The van der Waals surface area contributed by atoms with E-state index in [4.69, 9.17) is 13.8 Å². The van der Waals surface area contributed by atoms with Gasteiger partial charge in [-0.1, -0.05) is 106 Å². The normalized spacial score (nSPS) is 12.8. The molecule has 0 radical (unpaired) electrons. The molecule has 0 aliphatic heterocycles. The largest absolute Gasteiger partial charge is 0.456 e. The van der Waals surface area contributed by atoms with Gasteiger partial charge in [-0.15, -0.1) is 0 Å². The summed E-state index contributed by atoms with van der Waals surface area (Å²) in [5.41, 5.74) is 8.09. The Hall–Kier alpha value is -3.94. The number of nitrogens with zero attached hydrogens (tertiary/aromatic N) is 1. The highest BCUT2D eigenvalue weighted by atomic mass is 28.3. The molecule has 3 heterocycles. The van der Waals surface area contributed by atoms with Crippen molar-refractivity contribution in [1.29, 1.82) is 0 Å². The number of pyridine rings is 1. The Morgan fingerprint density at radius 1 is 0.550 bits per heavy atom. The second-order valence-electron chi connectivity index (χ2n) is 12.9. The van der Waals surface area contributed by atoms with E-state index in [9.17, 15) is 0 Å². The molecule has 0 saturated heterocycles. The first-order chi connectivity index (χ1) is 19.1. The maximum Gasteiger partial charge on any atom is 0.139 e. The van der Waals surface area contributed by atoms with Gasteiger partial charge in [-0.2, -0.15) is 0 Å². The Kier molecular flexibility index (Phi) is 5.50. The van der Waals surface area contributed by atoms with E-state index in [1.54, 1.807) is 0 Å². The summed E-state index contributed by atoms with van der Waals surface area (Å²) in [5.74, 6) is 0. The molecule has 0 amide bonds. The van der Waals surface area contributed by atoms with Crippen molar-refractivity contribution in [2.45, 2.75) is 39.3 Å². The van der Waals surface area contributed by atoms with Crippen LogP contribution in [0.1, 0.15) is 0 Å². The van der Waals surface area contributed by atoms with E-state index in [0.29, 0.717) is 0 Å². The topological polar surface area (TPSA) is 39.2 Å². The van der Waals surface area contributed by atoms with Crippen LogP contribution in [0.4, 0.5) is 0 Å². The minimum absolute atomic E-state index is 0.870. The van der Waals surface area contributed by atoms with E-state index in [0.717, 1.165) is 55.5 Å². The fraction of sp³-hybridized carbons (Fsp3) is 0.171. The zero-order valence-corrected chi connectivity index (χ0v) is 25.9. The zero-order valence-electron chi connectivity index (χ0n) is 23.9. The van der Waals surface area contributed by atoms with Crippen LogP contribution >= 0.6 is 0 Å². The van der Waals surface area contributed by atoms with Crippen LogP contribution < -0.4 is 10.4 Å². The van der Waals surface area contributed by atoms with Crippen molar-refractivity contribution >= 4 is 70.4 Å². The number of aromatic nitrogens is 1. The van der Waals surface area contributed by atoms with Crippen LogP contribution in [0, 0.1) is 0 Å². The molecule has 3 nitrogen and oxygen atoms in total. The highest BCUT2D eigenvalue weighted by molar-refractivity contribution is 6.90. The summed E-state index contributed by atoms with van der Waals surface area (Å²) in [6.45, 7) is 14.3. The van der Waals surface area contributed by atoms with Crippen molar-refractivity contribution < 1.29 is 8.83 Å². The van der Waals surface area contributed by atoms with Gasteiger partial charge in [0, 0.05) is 44.9 Å². The van der Waals surface area contributed by atoms with Crippen LogP contribution in [-0.4, -0.2) is 21.1 Å². The molecule has 0 fully saturated rings. The lowest BCUT2D eigenvalue weighted by molar-refractivity contribution is 0.658. The van der Waals surface area contributed by atoms with Gasteiger partial charge in [0.25, 0.3) is 0 Å². The summed E-state index contributed by atoms with van der Waals surface area (Å²) in [6, 6.07) is 30.2. The van der Waals surface area contributed by atoms with Gasteiger partial charge in [-0.3, -0.25) is 4.98 Å². The van der Waals surface area contributed by atoms with Gasteiger partial charge in [0.2, 0.25) is 0 Å². The molecule has 198 valence electrons. The van der Waals surface area contributed by atoms with Gasteiger partial charge in [0.05, 0.1) is 21.8 Å². The minimum atomic E-state index is -1.65. The van der Waals surface area contributed by atoms with Crippen LogP contribution in [0.25, 0.3) is 66.3 Å². The second kappa shape index (κ2) is 8.78. The third-order valence-electron chi connectivity index (χ3n) is 7.98. The molecule has 0 atom stereocenters. The summed E-state index contributed by atoms with van der Waals surface area (Å²) in [6.07, 6.45) is 1.92. The van der Waals surface area contributed by atoms with Crippen molar-refractivity contribution in [3.63, 3.8) is 0 Å². The van der Waals surface area contributed by atoms with E-state index >= 15 is 0 Å². The molecule has 3 aromatic heterocycles. The summed E-state index contributed by atoms with van der Waals surface area (Å²) < 4.78 is 13.5. The standard InChI is InChI=1S/C35H33NO2Si2/c1-39(2,3)29-16-10-14-24-32-27(37-34(24)29)21-28-33(25-15-11-17-30(35(25)38-28)40(4,5)6)31(32)23-18-19-36-26(20-23)22-12-8-7-9-13-22/h7-21H,1-6H3. The van der Waals surface area contributed by atoms with Crippen LogP contribution in [0.15, 0.2) is 100.0 Å². The van der Waals surface area contributed by atoms with Gasteiger partial charge in [0.15, 0.2) is 0 Å². The number of furan rings is 2. The van der Waals surface area contributed by atoms with Crippen molar-refractivity contribution in [1.82, 2.24) is 4.98 Å². The summed E-state index contributed by atoms with van der Waals surface area (Å²) in [7, 11) is -3.30. The van der Waals surface area contributed by atoms with Crippen molar-refractivity contribution in [2.24, 2.45) is 0 Å². The van der Waals surface area contributed by atoms with Crippen molar-refractivity contribution in [3.8, 4) is 22.4 Å². The Morgan fingerprint density at radius 3 is 1.62 bits per heavy atom. The van der Waals surface area contributed by atoms with Gasteiger partial charge >= 0.3 is 0 Å². The highest BCUT2D eigenvalue weighted by Gasteiger charge is 2.28. The van der Waals surface area contributed by atoms with E-state index in [1.165, 1.54) is 21.1 Å². The van der Waals surface area contributed by atoms with Gasteiger partial charge in [-0.25, -0.2) is 0 Å². The van der Waals surface area contributed by atoms with Gasteiger partial charge in [-0.05, 0) is 28.1 Å². The number of fused-ring (bicyclic) bond motifs is 6. The number of rotatable bonds is 4. The SMILES string of the molecule is C[Si](C)(C)c1cccc2c1oc1cc3oc4c([Si](C)(C)C)cccc4c3c(-c3ccnc(-c4ccccc4)c3)c12. The number of hydrogen-bond acceptors (Lipinski definition) is 3. The monoisotopic (exact) mass is 555 g/mol. The van der Waals surface area contributed by atoms with E-state index in [-0.39, 0.29) is 0 Å². The molecule has 7 rings (SSSR count). The van der Waals surface area contributed by atoms with Gasteiger partial charge in [0.1, 0.15) is 22.3 Å². The molecule has 0 aliphatic rings. The lowest BCUT2D eigenvalue weighted by Crippen LogP contribution is -2.37. The molecular weight excluding hydrogens is 523 g/mol. The Balaban J connectivity index is 1.67. The Morgan fingerprint density at radius 2 is 1.10 bits per heavy atom. The van der Waals surface area contributed by atoms with E-state index in [2.05, 4.69) is 118 Å². The van der Waals surface area contributed by atoms with Crippen LogP contribution in [-0.2, 0) is 0 Å². The highest BCUT2D eigenvalue weighted by Crippen LogP contribution is 2.45. The molecule has 4 aromatic carbocycles. The van der Waals surface area contributed by atoms with Crippen LogP contribution in [0.3, 0.4) is 0 Å². The van der Waals surface area contributed by atoms with E-state index in [1.807, 2.05) is 12.3 Å². The third kappa shape index (κ3) is 3.87. The summed E-state index contributed by atoms with van der Waals surface area (Å²) >= 11 is 0. The first-order valence-electron chi connectivity index (χ1n) is 14.0.